The summed E-state index contributed by atoms with van der Waals surface area (Å²) < 4.78 is 6.13. The van der Waals surface area contributed by atoms with Gasteiger partial charge in [-0.15, -0.1) is 0 Å². The zero-order valence-corrected chi connectivity index (χ0v) is 9.84. The van der Waals surface area contributed by atoms with E-state index in [1.54, 1.807) is 0 Å². The summed E-state index contributed by atoms with van der Waals surface area (Å²) in [4.78, 5) is 0. The Balaban J connectivity index is 2.29. The number of hydrogen-bond donors (Lipinski definition) is 0. The van der Waals surface area contributed by atoms with Crippen molar-refractivity contribution in [1.82, 2.24) is 0 Å². The van der Waals surface area contributed by atoms with Gasteiger partial charge in [-0.25, -0.2) is 0 Å². The lowest BCUT2D eigenvalue weighted by Gasteiger charge is -2.51. The first kappa shape index (κ1) is 10.2. The molecule has 0 bridgehead atoms. The van der Waals surface area contributed by atoms with Crippen LogP contribution in [0.4, 0.5) is 0 Å². The monoisotopic (exact) mass is 194 g/mol. The van der Waals surface area contributed by atoms with Crippen molar-refractivity contribution in [2.75, 3.05) is 0 Å². The van der Waals surface area contributed by atoms with E-state index in [0.29, 0.717) is 17.4 Å². The summed E-state index contributed by atoms with van der Waals surface area (Å²) in [6.07, 6.45) is 8.75. The van der Waals surface area contributed by atoms with Crippen molar-refractivity contribution in [2.24, 2.45) is 11.3 Å². The van der Waals surface area contributed by atoms with Gasteiger partial charge in [0, 0.05) is 0 Å². The minimum Gasteiger partial charge on any atom is -0.368 e. The van der Waals surface area contributed by atoms with E-state index >= 15 is 0 Å². The fourth-order valence-electron chi connectivity index (χ4n) is 3.32. The van der Waals surface area contributed by atoms with E-state index in [1.165, 1.54) is 19.3 Å². The van der Waals surface area contributed by atoms with Crippen molar-refractivity contribution in [3.05, 3.63) is 12.2 Å². The number of ether oxygens (including phenoxy) is 1. The molecule has 1 aliphatic heterocycles. The van der Waals surface area contributed by atoms with Gasteiger partial charge in [0.05, 0.1) is 11.7 Å². The lowest BCUT2D eigenvalue weighted by molar-refractivity contribution is -0.150. The van der Waals surface area contributed by atoms with E-state index in [4.69, 9.17) is 4.74 Å². The Morgan fingerprint density at radius 2 is 1.93 bits per heavy atom. The van der Waals surface area contributed by atoms with Gasteiger partial charge in [-0.05, 0) is 44.4 Å². The molecular weight excluding hydrogens is 172 g/mol. The summed E-state index contributed by atoms with van der Waals surface area (Å²) in [5.74, 6) is 0.691. The number of rotatable bonds is 0. The van der Waals surface area contributed by atoms with Gasteiger partial charge in [-0.1, -0.05) is 26.0 Å². The molecule has 3 atom stereocenters. The standard InChI is InChI=1S/C13H22O/c1-10-6-7-11-12(2,3)8-5-9-13(11,4)14-10/h5,9-11H,6-8H2,1-4H3/t10-,11-,13-/m0/s1. The normalized spacial score (nSPS) is 46.0. The molecule has 1 nitrogen and oxygen atoms in total. The fourth-order valence-corrected chi connectivity index (χ4v) is 3.32. The van der Waals surface area contributed by atoms with Gasteiger partial charge in [0.15, 0.2) is 0 Å². The highest BCUT2D eigenvalue weighted by Crippen LogP contribution is 2.49. The van der Waals surface area contributed by atoms with Crippen molar-refractivity contribution in [2.45, 2.75) is 58.7 Å². The first-order valence-corrected chi connectivity index (χ1v) is 5.79. The highest BCUT2D eigenvalue weighted by molar-refractivity contribution is 5.14. The maximum atomic E-state index is 6.13. The smallest absolute Gasteiger partial charge is 0.0871 e. The molecule has 0 saturated carbocycles. The summed E-state index contributed by atoms with van der Waals surface area (Å²) in [5, 5.41) is 0. The molecule has 0 aromatic carbocycles. The lowest BCUT2D eigenvalue weighted by atomic mass is 9.62. The third-order valence-corrected chi connectivity index (χ3v) is 4.04. The Bertz CT molecular complexity index is 254. The maximum absolute atomic E-state index is 6.13. The number of fused-ring (bicyclic) bond motifs is 1. The second-order valence-electron chi connectivity index (χ2n) is 5.84. The van der Waals surface area contributed by atoms with Gasteiger partial charge in [-0.3, -0.25) is 0 Å². The molecule has 1 aliphatic carbocycles. The minimum absolute atomic E-state index is 0.000579. The molecule has 1 heteroatoms. The largest absolute Gasteiger partial charge is 0.368 e. The van der Waals surface area contributed by atoms with Crippen LogP contribution in [0.25, 0.3) is 0 Å². The highest BCUT2D eigenvalue weighted by atomic mass is 16.5. The van der Waals surface area contributed by atoms with Crippen LogP contribution in [0.1, 0.15) is 47.0 Å². The molecule has 2 aliphatic rings. The summed E-state index contributed by atoms with van der Waals surface area (Å²) in [5.41, 5.74) is 0.406. The molecule has 0 N–H and O–H groups in total. The first-order valence-electron chi connectivity index (χ1n) is 5.79. The van der Waals surface area contributed by atoms with Crippen LogP contribution in [0, 0.1) is 11.3 Å². The molecule has 1 heterocycles. The summed E-state index contributed by atoms with van der Waals surface area (Å²) in [6.45, 7) is 9.19. The zero-order chi connectivity index (χ0) is 10.4. The van der Waals surface area contributed by atoms with Crippen molar-refractivity contribution in [3.8, 4) is 0 Å². The predicted molar refractivity (Wildman–Crippen MR) is 59.2 cm³/mol. The second kappa shape index (κ2) is 3.10. The van der Waals surface area contributed by atoms with Gasteiger partial charge >= 0.3 is 0 Å². The Morgan fingerprint density at radius 1 is 1.21 bits per heavy atom. The molecule has 80 valence electrons. The van der Waals surface area contributed by atoms with E-state index in [9.17, 15) is 0 Å². The molecule has 0 unspecified atom stereocenters. The van der Waals surface area contributed by atoms with Gasteiger partial charge in [-0.2, -0.15) is 0 Å². The molecule has 14 heavy (non-hydrogen) atoms. The van der Waals surface area contributed by atoms with E-state index < -0.39 is 0 Å². The Hall–Kier alpha value is -0.300. The quantitative estimate of drug-likeness (QED) is 0.536. The fraction of sp³-hybridized carbons (Fsp3) is 0.846. The SMILES string of the molecule is C[C@H]1CC[C@H]2C(C)(C)CC=C[C@]2(C)O1. The Morgan fingerprint density at radius 3 is 2.64 bits per heavy atom. The van der Waals surface area contributed by atoms with Crippen LogP contribution >= 0.6 is 0 Å². The van der Waals surface area contributed by atoms with Gasteiger partial charge in [0.2, 0.25) is 0 Å². The molecule has 0 aromatic rings. The van der Waals surface area contributed by atoms with Crippen molar-refractivity contribution < 1.29 is 4.74 Å². The molecular formula is C13H22O. The topological polar surface area (TPSA) is 9.23 Å². The molecule has 1 fully saturated rings. The molecule has 2 rings (SSSR count). The van der Waals surface area contributed by atoms with Crippen molar-refractivity contribution in [3.63, 3.8) is 0 Å². The first-order chi connectivity index (χ1) is 6.44. The third kappa shape index (κ3) is 1.52. The summed E-state index contributed by atoms with van der Waals surface area (Å²) in [7, 11) is 0. The van der Waals surface area contributed by atoms with Gasteiger partial charge < -0.3 is 4.74 Å². The van der Waals surface area contributed by atoms with Gasteiger partial charge in [0.1, 0.15) is 0 Å². The van der Waals surface area contributed by atoms with E-state index in [2.05, 4.69) is 39.8 Å². The van der Waals surface area contributed by atoms with Crippen LogP contribution in [0.3, 0.4) is 0 Å². The van der Waals surface area contributed by atoms with E-state index in [-0.39, 0.29) is 5.60 Å². The van der Waals surface area contributed by atoms with Crippen LogP contribution in [-0.2, 0) is 4.74 Å². The average Bonchev–Trinajstić information content (AvgIpc) is 2.00. The van der Waals surface area contributed by atoms with Crippen LogP contribution in [0.5, 0.6) is 0 Å². The highest BCUT2D eigenvalue weighted by Gasteiger charge is 2.47. The van der Waals surface area contributed by atoms with Crippen molar-refractivity contribution >= 4 is 0 Å². The predicted octanol–water partition coefficient (Wildman–Crippen LogP) is 3.55. The lowest BCUT2D eigenvalue weighted by Crippen LogP contribution is -2.51. The summed E-state index contributed by atoms with van der Waals surface area (Å²) >= 11 is 0. The zero-order valence-electron chi connectivity index (χ0n) is 9.84. The Labute approximate surface area is 87.5 Å². The number of hydrogen-bond acceptors (Lipinski definition) is 1. The van der Waals surface area contributed by atoms with Crippen molar-refractivity contribution in [1.29, 1.82) is 0 Å². The third-order valence-electron chi connectivity index (χ3n) is 4.04. The average molecular weight is 194 g/mol. The minimum atomic E-state index is -0.000579. The van der Waals surface area contributed by atoms with Crippen LogP contribution in [-0.4, -0.2) is 11.7 Å². The van der Waals surface area contributed by atoms with Crippen LogP contribution in [0.2, 0.25) is 0 Å². The second-order valence-corrected chi connectivity index (χ2v) is 5.84. The molecule has 0 spiro atoms. The van der Waals surface area contributed by atoms with Crippen LogP contribution in [0.15, 0.2) is 12.2 Å². The van der Waals surface area contributed by atoms with Gasteiger partial charge in [0.25, 0.3) is 0 Å². The van der Waals surface area contributed by atoms with E-state index in [1.807, 2.05) is 0 Å². The molecule has 0 amide bonds. The van der Waals surface area contributed by atoms with Crippen LogP contribution < -0.4 is 0 Å². The molecule has 0 aromatic heterocycles. The maximum Gasteiger partial charge on any atom is 0.0871 e. The van der Waals surface area contributed by atoms with E-state index in [0.717, 1.165) is 0 Å². The Kier molecular flexibility index (Phi) is 2.26. The number of allylic oxidation sites excluding steroid dienone is 1. The summed E-state index contributed by atoms with van der Waals surface area (Å²) in [6, 6.07) is 0. The molecule has 1 saturated heterocycles. The molecule has 0 radical (unpaired) electrons.